The van der Waals surface area contributed by atoms with Crippen LogP contribution < -0.4 is 15.4 Å². The third-order valence-corrected chi connectivity index (χ3v) is 8.58. The third kappa shape index (κ3) is 4.87. The SMILES string of the molecule is Cc1cc(-c2nc3ncc(Br)c(Nc4cccc(S(N)(=O)=O)c4)c3[nH]2)c(C)n1-c1ccccc1N1CCOCC1. The third-order valence-electron chi connectivity index (χ3n) is 7.07. The van der Waals surface area contributed by atoms with E-state index in [2.05, 4.69) is 84.9 Å². The molecule has 1 aliphatic heterocycles. The Balaban J connectivity index is 1.41. The molecule has 0 radical (unpaired) electrons. The van der Waals surface area contributed by atoms with E-state index >= 15 is 0 Å². The minimum atomic E-state index is -3.84. The fourth-order valence-corrected chi connectivity index (χ4v) is 6.14. The molecule has 10 nitrogen and oxygen atoms in total. The lowest BCUT2D eigenvalue weighted by atomic mass is 10.2. The number of aromatic amines is 1. The molecule has 0 bridgehead atoms. The van der Waals surface area contributed by atoms with E-state index in [0.717, 1.165) is 35.7 Å². The standard InChI is InChI=1S/C28H28BrN7O3S/c1-17-14-21(18(2)36(17)24-9-4-3-8-23(24)35-10-12-39-13-11-35)27-33-26-25(22(29)16-31-28(26)34-27)32-19-6-5-7-20(15-19)40(30,37)38/h3-9,14-16H,10-13H2,1-2H3,(H2,30,37,38)(H2,31,32,33,34). The van der Waals surface area contributed by atoms with Gasteiger partial charge < -0.3 is 24.5 Å². The fourth-order valence-electron chi connectivity index (χ4n) is 5.18. The molecule has 40 heavy (non-hydrogen) atoms. The molecule has 0 spiro atoms. The molecule has 5 aromatic rings. The maximum atomic E-state index is 11.9. The number of morpholine rings is 1. The highest BCUT2D eigenvalue weighted by Crippen LogP contribution is 2.36. The highest BCUT2D eigenvalue weighted by molar-refractivity contribution is 9.10. The highest BCUT2D eigenvalue weighted by atomic mass is 79.9. The van der Waals surface area contributed by atoms with Gasteiger partial charge in [-0.15, -0.1) is 0 Å². The maximum absolute atomic E-state index is 11.9. The summed E-state index contributed by atoms with van der Waals surface area (Å²) in [6.45, 7) is 7.32. The second kappa shape index (κ2) is 10.4. The van der Waals surface area contributed by atoms with Crippen LogP contribution in [0.15, 0.2) is 70.2 Å². The smallest absolute Gasteiger partial charge is 0.238 e. The molecule has 1 saturated heterocycles. The maximum Gasteiger partial charge on any atom is 0.238 e. The minimum Gasteiger partial charge on any atom is -0.378 e. The van der Waals surface area contributed by atoms with Gasteiger partial charge in [-0.05, 0) is 66.2 Å². The number of hydrogen-bond acceptors (Lipinski definition) is 7. The molecular weight excluding hydrogens is 594 g/mol. The number of hydrogen-bond donors (Lipinski definition) is 3. The van der Waals surface area contributed by atoms with E-state index < -0.39 is 10.0 Å². The topological polar surface area (TPSA) is 131 Å². The van der Waals surface area contributed by atoms with Gasteiger partial charge in [0, 0.05) is 41.9 Å². The van der Waals surface area contributed by atoms with Crippen molar-refractivity contribution in [2.75, 3.05) is 36.5 Å². The number of ether oxygens (including phenoxy) is 1. The van der Waals surface area contributed by atoms with Crippen molar-refractivity contribution < 1.29 is 13.2 Å². The zero-order valence-corrected chi connectivity index (χ0v) is 24.4. The molecule has 4 heterocycles. The number of para-hydroxylation sites is 2. The lowest BCUT2D eigenvalue weighted by molar-refractivity contribution is 0.122. The molecule has 0 saturated carbocycles. The number of fused-ring (bicyclic) bond motifs is 1. The van der Waals surface area contributed by atoms with E-state index in [1.54, 1.807) is 18.3 Å². The van der Waals surface area contributed by atoms with Gasteiger partial charge in [0.15, 0.2) is 5.65 Å². The number of nitrogens with two attached hydrogens (primary N) is 1. The van der Waals surface area contributed by atoms with E-state index in [-0.39, 0.29) is 4.90 Å². The molecule has 0 aliphatic carbocycles. The van der Waals surface area contributed by atoms with Gasteiger partial charge in [-0.1, -0.05) is 18.2 Å². The molecule has 0 unspecified atom stereocenters. The van der Waals surface area contributed by atoms with Gasteiger partial charge in [-0.2, -0.15) is 0 Å². The van der Waals surface area contributed by atoms with Gasteiger partial charge in [-0.25, -0.2) is 23.5 Å². The summed E-state index contributed by atoms with van der Waals surface area (Å²) in [6.07, 6.45) is 1.67. The van der Waals surface area contributed by atoms with Gasteiger partial charge in [0.25, 0.3) is 0 Å². The monoisotopic (exact) mass is 621 g/mol. The Morgan fingerprint density at radius 1 is 1.05 bits per heavy atom. The van der Waals surface area contributed by atoms with Crippen LogP contribution in [0.2, 0.25) is 0 Å². The normalized spacial score (nSPS) is 14.2. The summed E-state index contributed by atoms with van der Waals surface area (Å²) in [4.78, 5) is 15.2. The Hall–Kier alpha value is -3.71. The number of aromatic nitrogens is 4. The molecule has 3 aromatic heterocycles. The quantitative estimate of drug-likeness (QED) is 0.242. The zero-order chi connectivity index (χ0) is 28.0. The van der Waals surface area contributed by atoms with Crippen LogP contribution in [-0.2, 0) is 14.8 Å². The first-order valence-electron chi connectivity index (χ1n) is 12.8. The molecule has 12 heteroatoms. The van der Waals surface area contributed by atoms with Crippen molar-refractivity contribution in [1.82, 2.24) is 19.5 Å². The number of halogens is 1. The van der Waals surface area contributed by atoms with Crippen molar-refractivity contribution >= 4 is 54.2 Å². The summed E-state index contributed by atoms with van der Waals surface area (Å²) in [5, 5.41) is 8.62. The van der Waals surface area contributed by atoms with Crippen molar-refractivity contribution in [2.45, 2.75) is 18.7 Å². The van der Waals surface area contributed by atoms with Gasteiger partial charge in [0.1, 0.15) is 11.3 Å². The molecule has 206 valence electrons. The molecule has 6 rings (SSSR count). The number of H-pyrrole nitrogens is 1. The van der Waals surface area contributed by atoms with Crippen LogP contribution in [0.1, 0.15) is 11.4 Å². The van der Waals surface area contributed by atoms with Crippen LogP contribution in [0.3, 0.4) is 0 Å². The van der Waals surface area contributed by atoms with Gasteiger partial charge in [0.2, 0.25) is 10.0 Å². The lowest BCUT2D eigenvalue weighted by Crippen LogP contribution is -2.36. The molecule has 2 aromatic carbocycles. The summed E-state index contributed by atoms with van der Waals surface area (Å²) in [5.74, 6) is 0.685. The minimum absolute atomic E-state index is 0.0222. The second-order valence-electron chi connectivity index (χ2n) is 9.67. The number of aryl methyl sites for hydroxylation is 1. The number of pyridine rings is 1. The summed E-state index contributed by atoms with van der Waals surface area (Å²) in [5.41, 5.74) is 7.84. The average Bonchev–Trinajstić information content (AvgIpc) is 3.50. The number of primary sulfonamides is 1. The average molecular weight is 623 g/mol. The van der Waals surface area contributed by atoms with E-state index in [1.807, 2.05) is 0 Å². The first-order chi connectivity index (χ1) is 19.2. The van der Waals surface area contributed by atoms with Crippen LogP contribution in [0.25, 0.3) is 28.2 Å². The van der Waals surface area contributed by atoms with Gasteiger partial charge in [-0.3, -0.25) is 0 Å². The van der Waals surface area contributed by atoms with Gasteiger partial charge in [0.05, 0.1) is 39.6 Å². The summed E-state index contributed by atoms with van der Waals surface area (Å²) in [7, 11) is -3.84. The molecular formula is C28H28BrN7O3S. The van der Waals surface area contributed by atoms with Crippen molar-refractivity contribution in [2.24, 2.45) is 5.14 Å². The predicted octanol–water partition coefficient (Wildman–Crippen LogP) is 5.02. The van der Waals surface area contributed by atoms with Crippen LogP contribution in [0, 0.1) is 13.8 Å². The lowest BCUT2D eigenvalue weighted by Gasteiger charge is -2.31. The summed E-state index contributed by atoms with van der Waals surface area (Å²) >= 11 is 3.57. The van der Waals surface area contributed by atoms with Crippen molar-refractivity contribution in [3.63, 3.8) is 0 Å². The first-order valence-corrected chi connectivity index (χ1v) is 15.1. The molecule has 4 N–H and O–H groups in total. The molecule has 0 amide bonds. The van der Waals surface area contributed by atoms with Crippen molar-refractivity contribution in [1.29, 1.82) is 0 Å². The van der Waals surface area contributed by atoms with Crippen molar-refractivity contribution in [3.05, 3.63) is 76.7 Å². The Kier molecular flexibility index (Phi) is 6.87. The number of nitrogens with one attached hydrogen (secondary N) is 2. The first kappa shape index (κ1) is 26.5. The molecule has 0 atom stereocenters. The Labute approximate surface area is 240 Å². The van der Waals surface area contributed by atoms with Crippen molar-refractivity contribution in [3.8, 4) is 17.1 Å². The van der Waals surface area contributed by atoms with Gasteiger partial charge >= 0.3 is 0 Å². The van der Waals surface area contributed by atoms with E-state index in [4.69, 9.17) is 14.9 Å². The van der Waals surface area contributed by atoms with Crippen LogP contribution in [-0.4, -0.2) is 54.2 Å². The Bertz CT molecular complexity index is 1840. The number of rotatable bonds is 6. The van der Waals surface area contributed by atoms with E-state index in [0.29, 0.717) is 46.0 Å². The predicted molar refractivity (Wildman–Crippen MR) is 160 cm³/mol. The number of sulfonamides is 1. The van der Waals surface area contributed by atoms with E-state index in [1.165, 1.54) is 17.8 Å². The zero-order valence-electron chi connectivity index (χ0n) is 22.0. The number of imidazole rings is 1. The van der Waals surface area contributed by atoms with Crippen LogP contribution >= 0.6 is 15.9 Å². The largest absolute Gasteiger partial charge is 0.378 e. The highest BCUT2D eigenvalue weighted by Gasteiger charge is 2.22. The second-order valence-corrected chi connectivity index (χ2v) is 12.1. The summed E-state index contributed by atoms with van der Waals surface area (Å²) in [6, 6.07) is 16.9. The van der Waals surface area contributed by atoms with E-state index in [9.17, 15) is 8.42 Å². The summed E-state index contributed by atoms with van der Waals surface area (Å²) < 4.78 is 32.2. The number of nitrogens with zero attached hydrogens (tertiary/aromatic N) is 4. The Morgan fingerprint density at radius 2 is 1.80 bits per heavy atom. The van der Waals surface area contributed by atoms with Crippen LogP contribution in [0.4, 0.5) is 17.1 Å². The fraction of sp³-hybridized carbons (Fsp3) is 0.214. The number of benzene rings is 2. The van der Waals surface area contributed by atoms with Crippen LogP contribution in [0.5, 0.6) is 0 Å². The molecule has 1 aliphatic rings. The number of anilines is 3. The Morgan fingerprint density at radius 3 is 2.55 bits per heavy atom. The molecule has 1 fully saturated rings.